The number of aromatic amines is 1. The zero-order valence-electron chi connectivity index (χ0n) is 11.0. The van der Waals surface area contributed by atoms with E-state index >= 15 is 0 Å². The minimum absolute atomic E-state index is 0.0247. The Kier molecular flexibility index (Phi) is 11.6. The van der Waals surface area contributed by atoms with Crippen LogP contribution in [0.4, 0.5) is 0 Å². The SMILES string of the molecule is COc1cc(C)ccc1O.[Si]O[Si]O[Si].c1cn[nH]n1. The molecule has 0 amide bonds. The lowest BCUT2D eigenvalue weighted by atomic mass is 10.2. The summed E-state index contributed by atoms with van der Waals surface area (Å²) in [5.41, 5.74) is 1.08. The number of aryl methyl sites for hydroxylation is 1. The summed E-state index contributed by atoms with van der Waals surface area (Å²) in [5, 5.41) is 18.4. The first kappa shape index (κ1) is 18.5. The van der Waals surface area contributed by atoms with Crippen molar-refractivity contribution >= 4 is 31.0 Å². The molecule has 104 valence electrons. The maximum absolute atomic E-state index is 9.11. The summed E-state index contributed by atoms with van der Waals surface area (Å²) in [5.74, 6) is 0.716. The Hall–Kier alpha value is -1.47. The number of aromatic nitrogens is 3. The van der Waals surface area contributed by atoms with Gasteiger partial charge in [-0.25, -0.2) is 0 Å². The zero-order valence-corrected chi connectivity index (χ0v) is 14.0. The van der Waals surface area contributed by atoms with Gasteiger partial charge < -0.3 is 18.1 Å². The predicted molar refractivity (Wildman–Crippen MR) is 75.2 cm³/mol. The summed E-state index contributed by atoms with van der Waals surface area (Å²) in [6, 6.07) is 5.24. The molecule has 20 heavy (non-hydrogen) atoms. The molecular formula is C10H13N3O4Si3. The van der Waals surface area contributed by atoms with Crippen molar-refractivity contribution in [3.8, 4) is 11.5 Å². The van der Waals surface area contributed by atoms with Crippen molar-refractivity contribution < 1.29 is 18.1 Å². The summed E-state index contributed by atoms with van der Waals surface area (Å²) in [6.45, 7) is 1.95. The van der Waals surface area contributed by atoms with Gasteiger partial charge in [-0.2, -0.15) is 15.4 Å². The van der Waals surface area contributed by atoms with Crippen LogP contribution in [0.15, 0.2) is 30.6 Å². The largest absolute Gasteiger partial charge is 0.504 e. The number of rotatable bonds is 3. The van der Waals surface area contributed by atoms with E-state index in [1.165, 1.54) is 7.11 Å². The van der Waals surface area contributed by atoms with E-state index in [1.807, 2.05) is 13.0 Å². The Morgan fingerprint density at radius 3 is 2.10 bits per heavy atom. The van der Waals surface area contributed by atoms with Crippen LogP contribution in [0.2, 0.25) is 0 Å². The van der Waals surface area contributed by atoms with Gasteiger partial charge in [0.15, 0.2) is 11.5 Å². The third-order valence-electron chi connectivity index (χ3n) is 1.75. The number of ether oxygens (including phenoxy) is 1. The molecule has 1 heterocycles. The number of phenolic OH excluding ortho intramolecular Hbond substituents is 1. The van der Waals surface area contributed by atoms with Crippen LogP contribution < -0.4 is 4.74 Å². The van der Waals surface area contributed by atoms with Crippen LogP contribution in [0.1, 0.15) is 5.56 Å². The number of phenols is 1. The number of nitrogens with one attached hydrogen (secondary N) is 1. The highest BCUT2D eigenvalue weighted by Gasteiger charge is 1.97. The molecule has 2 rings (SSSR count). The summed E-state index contributed by atoms with van der Waals surface area (Å²) in [6.07, 6.45) is 3.17. The first-order valence-electron chi connectivity index (χ1n) is 5.19. The number of nitrogens with zero attached hydrogens (tertiary/aromatic N) is 2. The molecule has 0 fully saturated rings. The van der Waals surface area contributed by atoms with Gasteiger partial charge in [0.05, 0.1) is 19.5 Å². The highest BCUT2D eigenvalue weighted by atomic mass is 28.3. The molecule has 0 bridgehead atoms. The molecule has 1 aromatic carbocycles. The Morgan fingerprint density at radius 2 is 1.80 bits per heavy atom. The fourth-order valence-corrected chi connectivity index (χ4v) is 1.51. The van der Waals surface area contributed by atoms with E-state index in [-0.39, 0.29) is 15.8 Å². The third-order valence-corrected chi connectivity index (χ3v) is 2.42. The van der Waals surface area contributed by atoms with Gasteiger partial charge in [-0.1, -0.05) is 6.07 Å². The zero-order chi connectivity index (χ0) is 15.2. The van der Waals surface area contributed by atoms with Gasteiger partial charge in [-0.05, 0) is 24.6 Å². The van der Waals surface area contributed by atoms with Crippen LogP contribution in [0.3, 0.4) is 0 Å². The Bertz CT molecular complexity index is 426. The quantitative estimate of drug-likeness (QED) is 0.786. The average molecular weight is 323 g/mol. The van der Waals surface area contributed by atoms with E-state index in [4.69, 9.17) is 9.84 Å². The smallest absolute Gasteiger partial charge is 0.409 e. The van der Waals surface area contributed by atoms with Gasteiger partial charge >= 0.3 is 10.0 Å². The number of hydrogen-bond donors (Lipinski definition) is 2. The molecule has 0 spiro atoms. The molecule has 0 aliphatic heterocycles. The lowest BCUT2D eigenvalue weighted by Crippen LogP contribution is -1.96. The molecule has 0 atom stereocenters. The highest BCUT2D eigenvalue weighted by molar-refractivity contribution is 6.33. The van der Waals surface area contributed by atoms with E-state index in [2.05, 4.69) is 44.6 Å². The van der Waals surface area contributed by atoms with Crippen molar-refractivity contribution in [2.75, 3.05) is 7.11 Å². The van der Waals surface area contributed by atoms with Gasteiger partial charge in [0.2, 0.25) is 21.0 Å². The fraction of sp³-hybridized carbons (Fsp3) is 0.200. The van der Waals surface area contributed by atoms with Gasteiger partial charge in [-0.15, -0.1) is 0 Å². The first-order valence-corrected chi connectivity index (χ1v) is 6.82. The van der Waals surface area contributed by atoms with Crippen LogP contribution in [0, 0.1) is 6.92 Å². The average Bonchev–Trinajstić information content (AvgIpc) is 3.02. The van der Waals surface area contributed by atoms with Gasteiger partial charge in [-0.3, -0.25) is 0 Å². The Labute approximate surface area is 126 Å². The summed E-state index contributed by atoms with van der Waals surface area (Å²) >= 11 is 0. The molecule has 7 nitrogen and oxygen atoms in total. The summed E-state index contributed by atoms with van der Waals surface area (Å²) in [4.78, 5) is 0. The molecule has 0 aliphatic rings. The van der Waals surface area contributed by atoms with E-state index in [0.717, 1.165) is 5.56 Å². The molecule has 1 aromatic heterocycles. The molecule has 10 heteroatoms. The second kappa shape index (κ2) is 12.6. The number of hydrogen-bond acceptors (Lipinski definition) is 6. The van der Waals surface area contributed by atoms with Crippen LogP contribution >= 0.6 is 0 Å². The van der Waals surface area contributed by atoms with Gasteiger partial charge in [0.25, 0.3) is 0 Å². The van der Waals surface area contributed by atoms with Crippen LogP contribution in [0.25, 0.3) is 0 Å². The molecular weight excluding hydrogens is 310 g/mol. The maximum Gasteiger partial charge on any atom is 0.409 e. The van der Waals surface area contributed by atoms with Crippen molar-refractivity contribution in [1.82, 2.24) is 15.4 Å². The molecule has 0 unspecified atom stereocenters. The Morgan fingerprint density at radius 1 is 1.20 bits per heavy atom. The number of methoxy groups -OCH3 is 1. The second-order valence-electron chi connectivity index (χ2n) is 3.12. The van der Waals surface area contributed by atoms with E-state index in [0.29, 0.717) is 5.75 Å². The standard InChI is InChI=1S/C8H10O2.C2H3N3.O2Si3/c1-6-3-4-7(9)8(5-6)10-2;1-2-4-5-3-1;3-1-5-2-4/h3-5,9H,1-2H3;1-2H,(H,3,4,5);. The molecule has 0 aliphatic carbocycles. The normalized spacial score (nSPS) is 8.80. The summed E-state index contributed by atoms with van der Waals surface area (Å²) in [7, 11) is 6.97. The van der Waals surface area contributed by atoms with Crippen LogP contribution in [0.5, 0.6) is 11.5 Å². The minimum Gasteiger partial charge on any atom is -0.504 e. The number of H-pyrrole nitrogens is 1. The number of benzene rings is 1. The van der Waals surface area contributed by atoms with Crippen molar-refractivity contribution in [1.29, 1.82) is 0 Å². The topological polar surface area (TPSA) is 89.5 Å². The highest BCUT2D eigenvalue weighted by Crippen LogP contribution is 2.25. The Balaban J connectivity index is 0.000000304. The molecule has 8 radical (unpaired) electrons. The van der Waals surface area contributed by atoms with Crippen LogP contribution in [-0.2, 0) is 8.23 Å². The van der Waals surface area contributed by atoms with Crippen molar-refractivity contribution in [2.24, 2.45) is 0 Å². The second-order valence-corrected chi connectivity index (χ2v) is 4.92. The van der Waals surface area contributed by atoms with Gasteiger partial charge in [0, 0.05) is 0 Å². The number of aromatic hydroxyl groups is 1. The molecule has 0 saturated carbocycles. The molecule has 2 aromatic rings. The lowest BCUT2D eigenvalue weighted by molar-refractivity contribution is 0.373. The van der Waals surface area contributed by atoms with Crippen molar-refractivity contribution in [2.45, 2.75) is 6.92 Å². The molecule has 2 N–H and O–H groups in total. The van der Waals surface area contributed by atoms with E-state index in [9.17, 15) is 0 Å². The van der Waals surface area contributed by atoms with Crippen LogP contribution in [-0.4, -0.2) is 58.6 Å². The van der Waals surface area contributed by atoms with E-state index in [1.54, 1.807) is 24.5 Å². The minimum atomic E-state index is 0.0247. The fourth-order valence-electron chi connectivity index (χ4n) is 0.972. The van der Waals surface area contributed by atoms with Crippen molar-refractivity contribution in [3.05, 3.63) is 36.2 Å². The monoisotopic (exact) mass is 323 g/mol. The molecule has 0 saturated heterocycles. The first-order chi connectivity index (χ1) is 9.65. The third kappa shape index (κ3) is 9.46. The summed E-state index contributed by atoms with van der Waals surface area (Å²) < 4.78 is 13.4. The predicted octanol–water partition coefficient (Wildman–Crippen LogP) is 0.235. The lowest BCUT2D eigenvalue weighted by Gasteiger charge is -2.02. The van der Waals surface area contributed by atoms with Gasteiger partial charge in [0.1, 0.15) is 0 Å². The van der Waals surface area contributed by atoms with E-state index < -0.39 is 0 Å². The van der Waals surface area contributed by atoms with Crippen molar-refractivity contribution in [3.63, 3.8) is 0 Å². The maximum atomic E-state index is 9.11.